The minimum Gasteiger partial charge on any atom is -0.481 e. The second-order valence-electron chi connectivity index (χ2n) is 13.1. The normalized spacial score (nSPS) is 15.1. The van der Waals surface area contributed by atoms with Gasteiger partial charge in [-0.1, -0.05) is 170 Å². The maximum absolute atomic E-state index is 13.7. The van der Waals surface area contributed by atoms with Crippen LogP contribution in [0, 0.1) is 22.7 Å². The molecule has 0 amide bonds. The molecule has 0 aromatic rings. The van der Waals surface area contributed by atoms with Crippen molar-refractivity contribution in [2.75, 3.05) is 0 Å². The summed E-state index contributed by atoms with van der Waals surface area (Å²) in [7, 11) is 0. The van der Waals surface area contributed by atoms with E-state index in [1.165, 1.54) is 38.5 Å². The molecule has 4 heteroatoms. The molecule has 40 heavy (non-hydrogen) atoms. The second kappa shape index (κ2) is 23.5. The second-order valence-corrected chi connectivity index (χ2v) is 13.1. The Balaban J connectivity index is 6.62. The fraction of sp³-hybridized carbons (Fsp3) is 0.944. The highest BCUT2D eigenvalue weighted by Gasteiger charge is 2.61. The van der Waals surface area contributed by atoms with E-state index in [1.54, 1.807) is 0 Å². The molecule has 0 saturated heterocycles. The number of carboxylic acids is 2. The molecule has 0 fully saturated rings. The number of carbonyl (C=O) groups is 2. The molecule has 0 aliphatic heterocycles. The topological polar surface area (TPSA) is 74.6 Å². The van der Waals surface area contributed by atoms with Gasteiger partial charge in [0.05, 0.1) is 10.8 Å². The van der Waals surface area contributed by atoms with E-state index in [0.717, 1.165) is 89.9 Å². The first-order valence-electron chi connectivity index (χ1n) is 17.7. The summed E-state index contributed by atoms with van der Waals surface area (Å²) in [5, 5.41) is 22.4. The summed E-state index contributed by atoms with van der Waals surface area (Å²) in [6.07, 6.45) is 23.2. The number of hydrogen-bond donors (Lipinski definition) is 2. The highest BCUT2D eigenvalue weighted by atomic mass is 16.4. The van der Waals surface area contributed by atoms with E-state index < -0.39 is 22.8 Å². The summed E-state index contributed by atoms with van der Waals surface area (Å²) in [4.78, 5) is 27.3. The summed E-state index contributed by atoms with van der Waals surface area (Å²) >= 11 is 0. The first kappa shape index (κ1) is 38.9. The Morgan fingerprint density at radius 2 is 0.800 bits per heavy atom. The molecule has 0 bridgehead atoms. The molecule has 0 heterocycles. The Labute approximate surface area is 249 Å². The summed E-state index contributed by atoms with van der Waals surface area (Å²) in [5.74, 6) is -1.16. The van der Waals surface area contributed by atoms with Crippen LogP contribution >= 0.6 is 0 Å². The Bertz CT molecular complexity index is 594. The largest absolute Gasteiger partial charge is 0.481 e. The lowest BCUT2D eigenvalue weighted by atomic mass is 9.52. The molecule has 0 radical (unpaired) electrons. The van der Waals surface area contributed by atoms with Gasteiger partial charge in [0.25, 0.3) is 0 Å². The molecule has 0 saturated carbocycles. The Morgan fingerprint density at radius 3 is 1.10 bits per heavy atom. The van der Waals surface area contributed by atoms with Crippen molar-refractivity contribution in [3.05, 3.63) is 0 Å². The van der Waals surface area contributed by atoms with Gasteiger partial charge in [0.1, 0.15) is 0 Å². The van der Waals surface area contributed by atoms with Crippen molar-refractivity contribution in [3.8, 4) is 0 Å². The minimum absolute atomic E-state index is 0.257. The first-order valence-corrected chi connectivity index (χ1v) is 17.7. The maximum atomic E-state index is 13.7. The van der Waals surface area contributed by atoms with Crippen molar-refractivity contribution in [2.45, 2.75) is 196 Å². The van der Waals surface area contributed by atoms with Crippen LogP contribution < -0.4 is 0 Å². The molecular formula is C36H70O4. The van der Waals surface area contributed by atoms with E-state index in [-0.39, 0.29) is 11.8 Å². The molecule has 0 aliphatic carbocycles. The third kappa shape index (κ3) is 13.3. The van der Waals surface area contributed by atoms with Crippen LogP contribution in [0.5, 0.6) is 0 Å². The van der Waals surface area contributed by atoms with E-state index in [1.807, 2.05) is 0 Å². The van der Waals surface area contributed by atoms with E-state index in [2.05, 4.69) is 41.5 Å². The standard InChI is InChI=1S/C36H70O4/c1-7-13-17-19-21-23-27-35(33(37)38,28-24-22-20-18-14-8-2)36(34(39)40,29-31(11-5)25-15-9-3)30-32(12-6)26-16-10-4/h31-32H,7-30H2,1-6H3,(H,37,38)(H,39,40). The minimum atomic E-state index is -1.21. The molecule has 0 aromatic carbocycles. The molecule has 0 aliphatic rings. The number of unbranched alkanes of at least 4 members (excludes halogenated alkanes) is 12. The number of rotatable bonds is 29. The van der Waals surface area contributed by atoms with E-state index in [0.29, 0.717) is 25.7 Å². The number of hydrogen-bond acceptors (Lipinski definition) is 2. The molecule has 2 atom stereocenters. The third-order valence-corrected chi connectivity index (χ3v) is 10.0. The van der Waals surface area contributed by atoms with Crippen LogP contribution in [0.15, 0.2) is 0 Å². The average molecular weight is 567 g/mol. The Hall–Kier alpha value is -1.06. The number of carboxylic acid groups (broad SMARTS) is 2. The number of aliphatic carboxylic acids is 2. The van der Waals surface area contributed by atoms with Crippen LogP contribution in [0.2, 0.25) is 0 Å². The van der Waals surface area contributed by atoms with Gasteiger partial charge in [0.2, 0.25) is 0 Å². The molecule has 0 rings (SSSR count). The van der Waals surface area contributed by atoms with Gasteiger partial charge in [0.15, 0.2) is 0 Å². The average Bonchev–Trinajstić information content (AvgIpc) is 2.94. The quantitative estimate of drug-likeness (QED) is 0.0883. The van der Waals surface area contributed by atoms with Crippen molar-refractivity contribution in [2.24, 2.45) is 22.7 Å². The van der Waals surface area contributed by atoms with Crippen LogP contribution in [-0.4, -0.2) is 22.2 Å². The molecular weight excluding hydrogens is 496 g/mol. The van der Waals surface area contributed by atoms with Crippen molar-refractivity contribution >= 4 is 11.9 Å². The lowest BCUT2D eigenvalue weighted by Gasteiger charge is -2.49. The summed E-state index contributed by atoms with van der Waals surface area (Å²) in [5.41, 5.74) is -2.41. The van der Waals surface area contributed by atoms with Gasteiger partial charge in [-0.15, -0.1) is 0 Å². The zero-order valence-electron chi connectivity index (χ0n) is 27.8. The Morgan fingerprint density at radius 1 is 0.475 bits per heavy atom. The fourth-order valence-corrected chi connectivity index (χ4v) is 7.16. The van der Waals surface area contributed by atoms with E-state index >= 15 is 0 Å². The van der Waals surface area contributed by atoms with Crippen LogP contribution in [0.1, 0.15) is 196 Å². The van der Waals surface area contributed by atoms with Crippen molar-refractivity contribution in [1.82, 2.24) is 0 Å². The smallest absolute Gasteiger partial charge is 0.310 e. The Kier molecular flexibility index (Phi) is 22.9. The van der Waals surface area contributed by atoms with E-state index in [4.69, 9.17) is 0 Å². The van der Waals surface area contributed by atoms with Gasteiger partial charge in [0, 0.05) is 0 Å². The monoisotopic (exact) mass is 567 g/mol. The summed E-state index contributed by atoms with van der Waals surface area (Å²) < 4.78 is 0. The molecule has 2 unspecified atom stereocenters. The first-order chi connectivity index (χ1) is 19.2. The molecule has 238 valence electrons. The van der Waals surface area contributed by atoms with Gasteiger partial charge in [-0.25, -0.2) is 0 Å². The van der Waals surface area contributed by atoms with Crippen LogP contribution in [0.25, 0.3) is 0 Å². The van der Waals surface area contributed by atoms with Crippen molar-refractivity contribution in [3.63, 3.8) is 0 Å². The van der Waals surface area contributed by atoms with Gasteiger partial charge >= 0.3 is 11.9 Å². The van der Waals surface area contributed by atoms with Crippen LogP contribution in [0.4, 0.5) is 0 Å². The van der Waals surface area contributed by atoms with Gasteiger partial charge in [-0.3, -0.25) is 9.59 Å². The fourth-order valence-electron chi connectivity index (χ4n) is 7.16. The molecule has 0 aromatic heterocycles. The van der Waals surface area contributed by atoms with Crippen molar-refractivity contribution in [1.29, 1.82) is 0 Å². The zero-order valence-corrected chi connectivity index (χ0v) is 27.8. The highest BCUT2D eigenvalue weighted by Crippen LogP contribution is 2.56. The highest BCUT2D eigenvalue weighted by molar-refractivity contribution is 5.86. The zero-order chi connectivity index (χ0) is 30.3. The van der Waals surface area contributed by atoms with Gasteiger partial charge in [-0.05, 0) is 37.5 Å². The predicted octanol–water partition coefficient (Wildman–Crippen LogP) is 11.8. The summed E-state index contributed by atoms with van der Waals surface area (Å²) in [6, 6.07) is 0. The predicted molar refractivity (Wildman–Crippen MR) is 172 cm³/mol. The molecule has 2 N–H and O–H groups in total. The molecule has 4 nitrogen and oxygen atoms in total. The lowest BCUT2D eigenvalue weighted by molar-refractivity contribution is -0.182. The van der Waals surface area contributed by atoms with E-state index in [9.17, 15) is 19.8 Å². The SMILES string of the molecule is CCCCCCCCC(CCCCCCCC)(C(=O)O)C(CC(CC)CCCC)(CC(CC)CCCC)C(=O)O. The summed E-state index contributed by atoms with van der Waals surface area (Å²) in [6.45, 7) is 13.1. The van der Waals surface area contributed by atoms with Gasteiger partial charge < -0.3 is 10.2 Å². The van der Waals surface area contributed by atoms with Crippen LogP contribution in [-0.2, 0) is 9.59 Å². The van der Waals surface area contributed by atoms with Gasteiger partial charge in [-0.2, -0.15) is 0 Å². The third-order valence-electron chi connectivity index (χ3n) is 10.0. The molecule has 0 spiro atoms. The van der Waals surface area contributed by atoms with Crippen LogP contribution in [0.3, 0.4) is 0 Å². The lowest BCUT2D eigenvalue weighted by Crippen LogP contribution is -2.54. The van der Waals surface area contributed by atoms with Crippen molar-refractivity contribution < 1.29 is 19.8 Å². The maximum Gasteiger partial charge on any atom is 0.310 e.